The topological polar surface area (TPSA) is 84.7 Å². The number of carbonyl (C=O) groups excluding carboxylic acids is 1. The van der Waals surface area contributed by atoms with Gasteiger partial charge in [0.05, 0.1) is 11.0 Å². The third-order valence-corrected chi connectivity index (χ3v) is 3.15. The van der Waals surface area contributed by atoms with Gasteiger partial charge in [-0.15, -0.1) is 0 Å². The molecule has 0 spiro atoms. The lowest BCUT2D eigenvalue weighted by Gasteiger charge is -2.40. The molecule has 7 nitrogen and oxygen atoms in total. The molecule has 1 heterocycles. The van der Waals surface area contributed by atoms with Gasteiger partial charge in [-0.3, -0.25) is 10.1 Å². The maximum Gasteiger partial charge on any atom is 0.410 e. The maximum atomic E-state index is 13.8. The highest BCUT2D eigenvalue weighted by molar-refractivity contribution is 5.70. The summed E-state index contributed by atoms with van der Waals surface area (Å²) in [5.74, 6) is -2.49. The van der Waals surface area contributed by atoms with Crippen LogP contribution in [0.2, 0.25) is 0 Å². The molecule has 1 aliphatic heterocycles. The Kier molecular flexibility index (Phi) is 4.39. The molecule has 0 aliphatic carbocycles. The third kappa shape index (κ3) is 3.85. The number of nitrogens with one attached hydrogen (secondary N) is 1. The number of nitrogens with zero attached hydrogens (tertiary/aromatic N) is 2. The molecule has 2 rings (SSSR count). The van der Waals surface area contributed by atoms with E-state index in [4.69, 9.17) is 4.74 Å². The lowest BCUT2D eigenvalue weighted by Crippen LogP contribution is -2.58. The van der Waals surface area contributed by atoms with E-state index >= 15 is 0 Å². The van der Waals surface area contributed by atoms with E-state index in [1.807, 2.05) is 0 Å². The minimum Gasteiger partial charge on any atom is -0.444 e. The first-order chi connectivity index (χ1) is 10.6. The lowest BCUT2D eigenvalue weighted by atomic mass is 10.1. The number of likely N-dealkylation sites (tertiary alicyclic amines) is 1. The number of nitro groups is 1. The monoisotopic (exact) mass is 329 g/mol. The van der Waals surface area contributed by atoms with Crippen LogP contribution in [0, 0.1) is 21.7 Å². The average molecular weight is 329 g/mol. The van der Waals surface area contributed by atoms with E-state index < -0.39 is 45.7 Å². The lowest BCUT2D eigenvalue weighted by molar-refractivity contribution is -0.384. The molecule has 0 atom stereocenters. The van der Waals surface area contributed by atoms with Crippen molar-refractivity contribution in [1.29, 1.82) is 0 Å². The number of hydrogen-bond donors (Lipinski definition) is 1. The predicted octanol–water partition coefficient (Wildman–Crippen LogP) is 2.90. The average Bonchev–Trinajstić information content (AvgIpc) is 2.35. The van der Waals surface area contributed by atoms with E-state index in [-0.39, 0.29) is 13.1 Å². The van der Waals surface area contributed by atoms with Crippen molar-refractivity contribution >= 4 is 17.5 Å². The molecule has 23 heavy (non-hydrogen) atoms. The zero-order valence-corrected chi connectivity index (χ0v) is 12.9. The number of anilines is 1. The summed E-state index contributed by atoms with van der Waals surface area (Å²) >= 11 is 0. The van der Waals surface area contributed by atoms with E-state index in [1.165, 1.54) is 4.90 Å². The molecule has 1 amide bonds. The summed E-state index contributed by atoms with van der Waals surface area (Å²) < 4.78 is 32.2. The molecule has 1 aliphatic rings. The second-order valence-electron chi connectivity index (χ2n) is 6.24. The first-order valence-electron chi connectivity index (χ1n) is 6.95. The van der Waals surface area contributed by atoms with Gasteiger partial charge in [0.25, 0.3) is 5.69 Å². The first-order valence-corrected chi connectivity index (χ1v) is 6.95. The van der Waals surface area contributed by atoms with Crippen LogP contribution < -0.4 is 5.32 Å². The van der Waals surface area contributed by atoms with E-state index in [9.17, 15) is 23.7 Å². The summed E-state index contributed by atoms with van der Waals surface area (Å²) in [5, 5.41) is 13.5. The van der Waals surface area contributed by atoms with Crippen molar-refractivity contribution in [1.82, 2.24) is 4.90 Å². The molecule has 1 fully saturated rings. The normalized spacial score (nSPS) is 15.1. The molecule has 0 unspecified atom stereocenters. The van der Waals surface area contributed by atoms with Crippen LogP contribution in [-0.4, -0.2) is 40.6 Å². The van der Waals surface area contributed by atoms with E-state index in [0.717, 1.165) is 6.07 Å². The highest BCUT2D eigenvalue weighted by Gasteiger charge is 2.35. The second-order valence-corrected chi connectivity index (χ2v) is 6.24. The molecule has 0 bridgehead atoms. The summed E-state index contributed by atoms with van der Waals surface area (Å²) in [6.07, 6.45) is -0.523. The molecular weight excluding hydrogens is 312 g/mol. The Hall–Kier alpha value is -2.45. The van der Waals surface area contributed by atoms with Crippen LogP contribution in [0.25, 0.3) is 0 Å². The van der Waals surface area contributed by atoms with Crippen molar-refractivity contribution in [3.63, 3.8) is 0 Å². The van der Waals surface area contributed by atoms with E-state index in [2.05, 4.69) is 5.32 Å². The van der Waals surface area contributed by atoms with E-state index in [0.29, 0.717) is 6.07 Å². The number of ether oxygens (including phenoxy) is 1. The second kappa shape index (κ2) is 5.98. The number of amides is 1. The van der Waals surface area contributed by atoms with Gasteiger partial charge >= 0.3 is 6.09 Å². The fraction of sp³-hybridized carbons (Fsp3) is 0.500. The predicted molar refractivity (Wildman–Crippen MR) is 78.2 cm³/mol. The summed E-state index contributed by atoms with van der Waals surface area (Å²) in [7, 11) is 0. The zero-order chi connectivity index (χ0) is 17.4. The standard InChI is InChI=1S/C14H17F2N3O4/c1-14(2,3)23-13(20)18-6-8(7-18)17-12-10(19(21)22)5-4-9(15)11(12)16/h4-5,8,17H,6-7H2,1-3H3. The van der Waals surface area contributed by atoms with Crippen molar-refractivity contribution in [3.05, 3.63) is 33.9 Å². The summed E-state index contributed by atoms with van der Waals surface area (Å²) in [6, 6.07) is 1.18. The number of carbonyl (C=O) groups is 1. The van der Waals surface area contributed by atoms with Crippen LogP contribution in [0.4, 0.5) is 25.0 Å². The Morgan fingerprint density at radius 3 is 2.52 bits per heavy atom. The van der Waals surface area contributed by atoms with Crippen LogP contribution >= 0.6 is 0 Å². The number of halogens is 2. The van der Waals surface area contributed by atoms with Crippen molar-refractivity contribution in [2.24, 2.45) is 0 Å². The third-order valence-electron chi connectivity index (χ3n) is 3.15. The largest absolute Gasteiger partial charge is 0.444 e. The van der Waals surface area contributed by atoms with Gasteiger partial charge in [0, 0.05) is 19.2 Å². The highest BCUT2D eigenvalue weighted by Crippen LogP contribution is 2.31. The van der Waals surface area contributed by atoms with Crippen LogP contribution in [-0.2, 0) is 4.74 Å². The molecule has 1 aromatic rings. The summed E-state index contributed by atoms with van der Waals surface area (Å²) in [5.41, 5.74) is -1.70. The van der Waals surface area contributed by atoms with Gasteiger partial charge in [0.2, 0.25) is 0 Å². The van der Waals surface area contributed by atoms with Crippen molar-refractivity contribution < 1.29 is 23.2 Å². The van der Waals surface area contributed by atoms with Gasteiger partial charge in [0.1, 0.15) is 5.60 Å². The van der Waals surface area contributed by atoms with Crippen molar-refractivity contribution in [3.8, 4) is 0 Å². The molecule has 0 radical (unpaired) electrons. The highest BCUT2D eigenvalue weighted by atomic mass is 19.2. The Morgan fingerprint density at radius 1 is 1.39 bits per heavy atom. The Morgan fingerprint density at radius 2 is 2.00 bits per heavy atom. The maximum absolute atomic E-state index is 13.8. The first kappa shape index (κ1) is 16.9. The minimum absolute atomic E-state index is 0.183. The fourth-order valence-corrected chi connectivity index (χ4v) is 2.08. The van der Waals surface area contributed by atoms with Gasteiger partial charge in [-0.1, -0.05) is 0 Å². The van der Waals surface area contributed by atoms with E-state index in [1.54, 1.807) is 20.8 Å². The van der Waals surface area contributed by atoms with Crippen LogP contribution in [0.5, 0.6) is 0 Å². The molecule has 9 heteroatoms. The van der Waals surface area contributed by atoms with Crippen LogP contribution in [0.15, 0.2) is 12.1 Å². The number of rotatable bonds is 3. The van der Waals surface area contributed by atoms with Gasteiger partial charge in [-0.2, -0.15) is 0 Å². The fourth-order valence-electron chi connectivity index (χ4n) is 2.08. The van der Waals surface area contributed by atoms with Crippen LogP contribution in [0.3, 0.4) is 0 Å². The molecular formula is C14H17F2N3O4. The van der Waals surface area contributed by atoms with Crippen LogP contribution in [0.1, 0.15) is 20.8 Å². The van der Waals surface area contributed by atoms with Gasteiger partial charge in [-0.05, 0) is 26.8 Å². The van der Waals surface area contributed by atoms with Gasteiger partial charge in [-0.25, -0.2) is 13.6 Å². The smallest absolute Gasteiger partial charge is 0.410 e. The zero-order valence-electron chi connectivity index (χ0n) is 12.9. The molecule has 1 N–H and O–H groups in total. The number of nitro benzene ring substituents is 1. The summed E-state index contributed by atoms with van der Waals surface area (Å²) in [4.78, 5) is 23.2. The number of hydrogen-bond acceptors (Lipinski definition) is 5. The molecule has 126 valence electrons. The van der Waals surface area contributed by atoms with Crippen molar-refractivity contribution in [2.75, 3.05) is 18.4 Å². The van der Waals surface area contributed by atoms with Gasteiger partial charge in [0.15, 0.2) is 17.3 Å². The number of benzene rings is 1. The molecule has 1 aromatic carbocycles. The summed E-state index contributed by atoms with van der Waals surface area (Å²) in [6.45, 7) is 5.55. The Labute approximate surface area is 131 Å². The molecule has 0 aromatic heterocycles. The van der Waals surface area contributed by atoms with Gasteiger partial charge < -0.3 is 15.0 Å². The quantitative estimate of drug-likeness (QED) is 0.681. The van der Waals surface area contributed by atoms with Crippen molar-refractivity contribution in [2.45, 2.75) is 32.4 Å². The Balaban J connectivity index is 2.02. The Bertz CT molecular complexity index is 640. The SMILES string of the molecule is CC(C)(C)OC(=O)N1CC(Nc2c([N+](=O)[O-])ccc(F)c2F)C1. The molecule has 0 saturated carbocycles. The molecule has 1 saturated heterocycles. The minimum atomic E-state index is -1.31.